The second kappa shape index (κ2) is 10.5. The van der Waals surface area contributed by atoms with Crippen LogP contribution in [0.2, 0.25) is 0 Å². The molecule has 0 aliphatic carbocycles. The minimum Gasteiger partial charge on any atom is -0.352 e. The average Bonchev–Trinajstić information content (AvgIpc) is 3.43. The Morgan fingerprint density at radius 1 is 1.20 bits per heavy atom. The topological polar surface area (TPSA) is 58.3 Å². The van der Waals surface area contributed by atoms with Crippen LogP contribution in [0.5, 0.6) is 0 Å². The molecule has 8 heteroatoms. The number of benzene rings is 1. The SMILES string of the molecule is CN=C(NCc1ccnc(-n2cccn2)c1)N1CCC(Cc2ccc(F)cc2)C1.I. The molecule has 0 saturated carbocycles. The Balaban J connectivity index is 0.00000256. The van der Waals surface area contributed by atoms with Crippen molar-refractivity contribution in [3.63, 3.8) is 0 Å². The molecule has 0 bridgehead atoms. The van der Waals surface area contributed by atoms with Crippen LogP contribution in [0, 0.1) is 11.7 Å². The summed E-state index contributed by atoms with van der Waals surface area (Å²) in [6.45, 7) is 2.59. The Bertz CT molecular complexity index is 958. The second-order valence-corrected chi connectivity index (χ2v) is 7.30. The van der Waals surface area contributed by atoms with Crippen LogP contribution in [0.3, 0.4) is 0 Å². The summed E-state index contributed by atoms with van der Waals surface area (Å²) >= 11 is 0. The van der Waals surface area contributed by atoms with Gasteiger partial charge in [-0.1, -0.05) is 12.1 Å². The predicted octanol–water partition coefficient (Wildman–Crippen LogP) is 3.66. The molecule has 1 aliphatic rings. The van der Waals surface area contributed by atoms with E-state index >= 15 is 0 Å². The molecule has 158 valence electrons. The summed E-state index contributed by atoms with van der Waals surface area (Å²) in [7, 11) is 1.82. The lowest BCUT2D eigenvalue weighted by Crippen LogP contribution is -2.39. The number of nitrogens with one attached hydrogen (secondary N) is 1. The monoisotopic (exact) mass is 520 g/mol. The minimum atomic E-state index is -0.182. The summed E-state index contributed by atoms with van der Waals surface area (Å²) in [5.41, 5.74) is 2.30. The second-order valence-electron chi connectivity index (χ2n) is 7.30. The maximum atomic E-state index is 13.1. The Morgan fingerprint density at radius 3 is 2.77 bits per heavy atom. The van der Waals surface area contributed by atoms with E-state index in [2.05, 4.69) is 25.3 Å². The maximum Gasteiger partial charge on any atom is 0.193 e. The van der Waals surface area contributed by atoms with Crippen molar-refractivity contribution in [2.75, 3.05) is 20.1 Å². The van der Waals surface area contributed by atoms with Gasteiger partial charge in [-0.25, -0.2) is 14.1 Å². The van der Waals surface area contributed by atoms with Crippen LogP contribution >= 0.6 is 24.0 Å². The van der Waals surface area contributed by atoms with E-state index in [9.17, 15) is 4.39 Å². The summed E-state index contributed by atoms with van der Waals surface area (Å²) in [4.78, 5) is 11.1. The fourth-order valence-corrected chi connectivity index (χ4v) is 3.76. The lowest BCUT2D eigenvalue weighted by atomic mass is 9.99. The van der Waals surface area contributed by atoms with Gasteiger partial charge in [-0.2, -0.15) is 5.10 Å². The molecule has 1 unspecified atom stereocenters. The first kappa shape index (κ1) is 22.2. The number of aliphatic imine (C=N–C) groups is 1. The van der Waals surface area contributed by atoms with E-state index in [1.165, 1.54) is 17.7 Å². The number of rotatable bonds is 5. The van der Waals surface area contributed by atoms with Gasteiger partial charge in [0.15, 0.2) is 11.8 Å². The van der Waals surface area contributed by atoms with Crippen LogP contribution in [0.15, 0.2) is 66.0 Å². The number of hydrogen-bond donors (Lipinski definition) is 1. The number of pyridine rings is 1. The molecule has 1 aliphatic heterocycles. The molecular weight excluding hydrogens is 494 g/mol. The van der Waals surface area contributed by atoms with Crippen molar-refractivity contribution >= 4 is 29.9 Å². The quantitative estimate of drug-likeness (QED) is 0.317. The van der Waals surface area contributed by atoms with Gasteiger partial charge in [-0.3, -0.25) is 4.99 Å². The largest absolute Gasteiger partial charge is 0.352 e. The third-order valence-corrected chi connectivity index (χ3v) is 5.23. The lowest BCUT2D eigenvalue weighted by molar-refractivity contribution is 0.459. The van der Waals surface area contributed by atoms with Gasteiger partial charge in [0.2, 0.25) is 0 Å². The Morgan fingerprint density at radius 2 is 2.03 bits per heavy atom. The zero-order valence-electron chi connectivity index (χ0n) is 16.9. The number of nitrogens with zero attached hydrogens (tertiary/aromatic N) is 5. The predicted molar refractivity (Wildman–Crippen MR) is 127 cm³/mol. The molecule has 6 nitrogen and oxygen atoms in total. The zero-order valence-corrected chi connectivity index (χ0v) is 19.2. The average molecular weight is 520 g/mol. The van der Waals surface area contributed by atoms with Gasteiger partial charge in [-0.05, 0) is 60.2 Å². The van der Waals surface area contributed by atoms with E-state index in [0.29, 0.717) is 12.5 Å². The van der Waals surface area contributed by atoms with Gasteiger partial charge in [0.05, 0.1) is 0 Å². The van der Waals surface area contributed by atoms with Gasteiger partial charge in [0.1, 0.15) is 5.82 Å². The van der Waals surface area contributed by atoms with E-state index < -0.39 is 0 Å². The van der Waals surface area contributed by atoms with E-state index in [-0.39, 0.29) is 29.8 Å². The molecule has 1 atom stereocenters. The molecule has 2 aromatic heterocycles. The summed E-state index contributed by atoms with van der Waals surface area (Å²) in [6.07, 6.45) is 7.49. The van der Waals surface area contributed by atoms with Gasteiger partial charge >= 0.3 is 0 Å². The Hall–Kier alpha value is -2.49. The smallest absolute Gasteiger partial charge is 0.193 e. The number of guanidine groups is 1. The molecule has 1 saturated heterocycles. The zero-order chi connectivity index (χ0) is 20.1. The van der Waals surface area contributed by atoms with Crippen molar-refractivity contribution in [3.8, 4) is 5.82 Å². The first-order valence-corrected chi connectivity index (χ1v) is 9.86. The third-order valence-electron chi connectivity index (χ3n) is 5.23. The van der Waals surface area contributed by atoms with Crippen LogP contribution in [-0.2, 0) is 13.0 Å². The number of halogens is 2. The van der Waals surface area contributed by atoms with Crippen LogP contribution in [0.25, 0.3) is 5.82 Å². The molecule has 4 rings (SSSR count). The van der Waals surface area contributed by atoms with E-state index in [4.69, 9.17) is 0 Å². The van der Waals surface area contributed by atoms with Gasteiger partial charge < -0.3 is 10.2 Å². The molecule has 3 aromatic rings. The number of hydrogen-bond acceptors (Lipinski definition) is 3. The number of aromatic nitrogens is 3. The highest BCUT2D eigenvalue weighted by atomic mass is 127. The molecule has 1 fully saturated rings. The fourth-order valence-electron chi connectivity index (χ4n) is 3.76. The van der Waals surface area contributed by atoms with Crippen LogP contribution in [-0.4, -0.2) is 45.8 Å². The molecule has 1 aromatic carbocycles. The molecule has 30 heavy (non-hydrogen) atoms. The number of likely N-dealkylation sites (tertiary alicyclic amines) is 1. The molecule has 0 spiro atoms. The van der Waals surface area contributed by atoms with Gasteiger partial charge in [0, 0.05) is 45.3 Å². The van der Waals surface area contributed by atoms with Crippen molar-refractivity contribution in [1.82, 2.24) is 25.0 Å². The molecular formula is C22H26FIN6. The molecule has 0 amide bonds. The van der Waals surface area contributed by atoms with Crippen molar-refractivity contribution in [2.24, 2.45) is 10.9 Å². The highest BCUT2D eigenvalue weighted by molar-refractivity contribution is 14.0. The summed E-state index contributed by atoms with van der Waals surface area (Å²) < 4.78 is 14.9. The van der Waals surface area contributed by atoms with Crippen molar-refractivity contribution in [2.45, 2.75) is 19.4 Å². The fraction of sp³-hybridized carbons (Fsp3) is 0.318. The van der Waals surface area contributed by atoms with Gasteiger partial charge in [-0.15, -0.1) is 24.0 Å². The Labute approximate surface area is 193 Å². The van der Waals surface area contributed by atoms with Crippen LogP contribution < -0.4 is 5.32 Å². The van der Waals surface area contributed by atoms with Crippen molar-refractivity contribution in [1.29, 1.82) is 0 Å². The standard InChI is InChI=1S/C22H25FN6.HI/c1-24-22(26-15-18-7-10-25-21(14-18)29-11-2-9-27-29)28-12-8-19(16-28)13-17-3-5-20(23)6-4-17;/h2-7,9-11,14,19H,8,12-13,15-16H2,1H3,(H,24,26);1H. The summed E-state index contributed by atoms with van der Waals surface area (Å²) in [5, 5.41) is 7.69. The van der Waals surface area contributed by atoms with Gasteiger partial charge in [0.25, 0.3) is 0 Å². The first-order valence-electron chi connectivity index (χ1n) is 9.86. The molecule has 3 heterocycles. The summed E-state index contributed by atoms with van der Waals surface area (Å²) in [5.74, 6) is 2.07. The van der Waals surface area contributed by atoms with E-state index in [1.54, 1.807) is 17.1 Å². The van der Waals surface area contributed by atoms with E-state index in [0.717, 1.165) is 43.3 Å². The third kappa shape index (κ3) is 5.56. The molecule has 0 radical (unpaired) electrons. The maximum absolute atomic E-state index is 13.1. The highest BCUT2D eigenvalue weighted by Crippen LogP contribution is 2.21. The normalized spacial score (nSPS) is 16.4. The van der Waals surface area contributed by atoms with E-state index in [1.807, 2.05) is 43.6 Å². The first-order chi connectivity index (χ1) is 14.2. The Kier molecular flexibility index (Phi) is 7.78. The van der Waals surface area contributed by atoms with Crippen molar-refractivity contribution in [3.05, 3.63) is 78.0 Å². The summed E-state index contributed by atoms with van der Waals surface area (Å²) in [6, 6.07) is 12.7. The minimum absolute atomic E-state index is 0. The van der Waals surface area contributed by atoms with Crippen molar-refractivity contribution < 1.29 is 4.39 Å². The molecule has 1 N–H and O–H groups in total. The van der Waals surface area contributed by atoms with Crippen LogP contribution in [0.1, 0.15) is 17.5 Å². The highest BCUT2D eigenvalue weighted by Gasteiger charge is 2.25. The lowest BCUT2D eigenvalue weighted by Gasteiger charge is -2.22. The van der Waals surface area contributed by atoms with Crippen LogP contribution in [0.4, 0.5) is 4.39 Å².